The molecule has 8 heteroatoms. The zero-order valence-corrected chi connectivity index (χ0v) is 20.6. The third-order valence-corrected chi connectivity index (χ3v) is 4.75. The van der Waals surface area contributed by atoms with Crippen LogP contribution in [0.5, 0.6) is 5.75 Å². The van der Waals surface area contributed by atoms with Gasteiger partial charge in [0.15, 0.2) is 0 Å². The first-order chi connectivity index (χ1) is 15.4. The van der Waals surface area contributed by atoms with E-state index in [9.17, 15) is 14.4 Å². The van der Waals surface area contributed by atoms with E-state index in [1.165, 1.54) is 13.1 Å². The summed E-state index contributed by atoms with van der Waals surface area (Å²) < 4.78 is 10.9. The summed E-state index contributed by atoms with van der Waals surface area (Å²) in [6, 6.07) is 10.6. The van der Waals surface area contributed by atoms with Crippen LogP contribution in [0.3, 0.4) is 0 Å². The van der Waals surface area contributed by atoms with Crippen LogP contribution in [-0.4, -0.2) is 42.6 Å². The molecule has 2 N–H and O–H groups in total. The van der Waals surface area contributed by atoms with Gasteiger partial charge in [0.1, 0.15) is 17.4 Å². The standard InChI is InChI=1S/C25H31ClN2O5/c1-15(2)32-21-12-11-18(14-19(21)26)22(29)28-20(23(30)27-6)13-16-7-9-17(10-8-16)24(31)33-25(3,4)5/h7-12,14-15,20H,13H2,1-6H3,(H,27,30)(H,28,29). The average molecular weight is 475 g/mol. The Balaban J connectivity index is 2.12. The number of hydrogen-bond donors (Lipinski definition) is 2. The molecule has 2 rings (SSSR count). The van der Waals surface area contributed by atoms with Crippen LogP contribution in [0.2, 0.25) is 5.02 Å². The predicted molar refractivity (Wildman–Crippen MR) is 128 cm³/mol. The molecule has 0 fully saturated rings. The summed E-state index contributed by atoms with van der Waals surface area (Å²) >= 11 is 6.23. The summed E-state index contributed by atoms with van der Waals surface area (Å²) in [5, 5.41) is 5.62. The third-order valence-electron chi connectivity index (χ3n) is 4.45. The molecule has 178 valence electrons. The van der Waals surface area contributed by atoms with Crippen molar-refractivity contribution in [3.05, 3.63) is 64.2 Å². The normalized spacial score (nSPS) is 12.1. The first-order valence-electron chi connectivity index (χ1n) is 10.7. The molecule has 2 aromatic carbocycles. The van der Waals surface area contributed by atoms with Crippen LogP contribution < -0.4 is 15.4 Å². The van der Waals surface area contributed by atoms with Crippen molar-refractivity contribution in [2.45, 2.75) is 58.8 Å². The van der Waals surface area contributed by atoms with E-state index in [2.05, 4.69) is 10.6 Å². The highest BCUT2D eigenvalue weighted by Gasteiger charge is 2.22. The lowest BCUT2D eigenvalue weighted by atomic mass is 10.0. The number of esters is 1. The van der Waals surface area contributed by atoms with Crippen molar-refractivity contribution in [3.8, 4) is 5.75 Å². The van der Waals surface area contributed by atoms with Crippen LogP contribution in [-0.2, 0) is 16.0 Å². The summed E-state index contributed by atoms with van der Waals surface area (Å²) in [6.07, 6.45) is 0.184. The highest BCUT2D eigenvalue weighted by molar-refractivity contribution is 6.32. The molecule has 0 aliphatic carbocycles. The van der Waals surface area contributed by atoms with Gasteiger partial charge in [-0.3, -0.25) is 9.59 Å². The molecule has 1 unspecified atom stereocenters. The minimum atomic E-state index is -0.819. The van der Waals surface area contributed by atoms with Gasteiger partial charge in [-0.05, 0) is 70.5 Å². The molecule has 0 saturated carbocycles. The van der Waals surface area contributed by atoms with Gasteiger partial charge in [0.05, 0.1) is 16.7 Å². The maximum Gasteiger partial charge on any atom is 0.338 e. The summed E-state index contributed by atoms with van der Waals surface area (Å²) in [7, 11) is 1.50. The van der Waals surface area contributed by atoms with E-state index in [1.807, 2.05) is 13.8 Å². The molecule has 0 saturated heterocycles. The van der Waals surface area contributed by atoms with Crippen LogP contribution in [0.4, 0.5) is 0 Å². The molecule has 2 aromatic rings. The molecule has 0 aliphatic heterocycles. The van der Waals surface area contributed by atoms with E-state index < -0.39 is 23.5 Å². The van der Waals surface area contributed by atoms with Gasteiger partial charge >= 0.3 is 5.97 Å². The fourth-order valence-electron chi connectivity index (χ4n) is 2.97. The quantitative estimate of drug-likeness (QED) is 0.560. The number of benzene rings is 2. The Labute approximate surface area is 199 Å². The SMILES string of the molecule is CNC(=O)C(Cc1ccc(C(=O)OC(C)(C)C)cc1)NC(=O)c1ccc(OC(C)C)c(Cl)c1. The van der Waals surface area contributed by atoms with Crippen molar-refractivity contribution in [3.63, 3.8) is 0 Å². The van der Waals surface area contributed by atoms with Gasteiger partial charge in [-0.15, -0.1) is 0 Å². The van der Waals surface area contributed by atoms with Gasteiger partial charge < -0.3 is 20.1 Å². The Kier molecular flexibility index (Phi) is 8.88. The number of ether oxygens (including phenoxy) is 2. The number of nitrogens with one attached hydrogen (secondary N) is 2. The number of carbonyl (C=O) groups excluding carboxylic acids is 3. The molecular formula is C25H31ClN2O5. The number of rotatable bonds is 8. The lowest BCUT2D eigenvalue weighted by Crippen LogP contribution is -2.47. The largest absolute Gasteiger partial charge is 0.489 e. The Bertz CT molecular complexity index is 997. The Morgan fingerprint density at radius 3 is 2.12 bits per heavy atom. The van der Waals surface area contributed by atoms with Gasteiger partial charge in [-0.2, -0.15) is 0 Å². The average Bonchev–Trinajstić information content (AvgIpc) is 2.73. The minimum Gasteiger partial charge on any atom is -0.489 e. The van der Waals surface area contributed by atoms with Gasteiger partial charge in [0.25, 0.3) is 5.91 Å². The molecule has 33 heavy (non-hydrogen) atoms. The van der Waals surface area contributed by atoms with E-state index in [4.69, 9.17) is 21.1 Å². The molecule has 7 nitrogen and oxygen atoms in total. The Morgan fingerprint density at radius 1 is 1.00 bits per heavy atom. The molecule has 0 radical (unpaired) electrons. The number of amides is 2. The molecule has 2 amide bonds. The zero-order chi connectivity index (χ0) is 24.8. The Morgan fingerprint density at radius 2 is 1.61 bits per heavy atom. The summed E-state index contributed by atoms with van der Waals surface area (Å²) in [5.41, 5.74) is 0.902. The number of halogens is 1. The highest BCUT2D eigenvalue weighted by atomic mass is 35.5. The second-order valence-corrected chi connectivity index (χ2v) is 9.26. The smallest absolute Gasteiger partial charge is 0.338 e. The van der Waals surface area contributed by atoms with Crippen molar-refractivity contribution in [1.82, 2.24) is 10.6 Å². The van der Waals surface area contributed by atoms with Crippen molar-refractivity contribution in [2.75, 3.05) is 7.05 Å². The first kappa shape index (κ1) is 26.2. The summed E-state index contributed by atoms with van der Waals surface area (Å²) in [5.74, 6) is -0.722. The Hall–Kier alpha value is -3.06. The predicted octanol–water partition coefficient (Wildman–Crippen LogP) is 4.17. The molecular weight excluding hydrogens is 444 g/mol. The van der Waals surface area contributed by atoms with Crippen LogP contribution in [0.15, 0.2) is 42.5 Å². The van der Waals surface area contributed by atoms with Crippen LogP contribution in [0, 0.1) is 0 Å². The fraction of sp³-hybridized carbons (Fsp3) is 0.400. The van der Waals surface area contributed by atoms with E-state index in [1.54, 1.807) is 57.2 Å². The third kappa shape index (κ3) is 8.09. The maximum atomic E-state index is 12.8. The molecule has 0 aromatic heterocycles. The second-order valence-electron chi connectivity index (χ2n) is 8.86. The lowest BCUT2D eigenvalue weighted by Gasteiger charge is -2.20. The van der Waals surface area contributed by atoms with E-state index in [-0.39, 0.29) is 18.4 Å². The number of likely N-dealkylation sites (N-methyl/N-ethyl adjacent to an activating group) is 1. The fourth-order valence-corrected chi connectivity index (χ4v) is 3.19. The van der Waals surface area contributed by atoms with Gasteiger partial charge in [0.2, 0.25) is 5.91 Å². The highest BCUT2D eigenvalue weighted by Crippen LogP contribution is 2.26. The molecule has 0 bridgehead atoms. The topological polar surface area (TPSA) is 93.7 Å². The van der Waals surface area contributed by atoms with Gasteiger partial charge in [0, 0.05) is 19.0 Å². The zero-order valence-electron chi connectivity index (χ0n) is 19.8. The number of carbonyl (C=O) groups is 3. The molecule has 0 heterocycles. The van der Waals surface area contributed by atoms with Crippen molar-refractivity contribution < 1.29 is 23.9 Å². The monoisotopic (exact) mass is 474 g/mol. The van der Waals surface area contributed by atoms with Crippen molar-refractivity contribution in [2.24, 2.45) is 0 Å². The first-order valence-corrected chi connectivity index (χ1v) is 11.1. The van der Waals surface area contributed by atoms with Crippen molar-refractivity contribution in [1.29, 1.82) is 0 Å². The van der Waals surface area contributed by atoms with Crippen LogP contribution in [0.25, 0.3) is 0 Å². The lowest BCUT2D eigenvalue weighted by molar-refractivity contribution is -0.122. The van der Waals surface area contributed by atoms with Crippen LogP contribution >= 0.6 is 11.6 Å². The molecule has 0 aliphatic rings. The summed E-state index contributed by atoms with van der Waals surface area (Å²) in [6.45, 7) is 9.16. The number of hydrogen-bond acceptors (Lipinski definition) is 5. The van der Waals surface area contributed by atoms with E-state index >= 15 is 0 Å². The summed E-state index contributed by atoms with van der Waals surface area (Å²) in [4.78, 5) is 37.4. The van der Waals surface area contributed by atoms with Crippen molar-refractivity contribution >= 4 is 29.4 Å². The van der Waals surface area contributed by atoms with E-state index in [0.29, 0.717) is 21.9 Å². The maximum absolute atomic E-state index is 12.8. The minimum absolute atomic E-state index is 0.0542. The van der Waals surface area contributed by atoms with Crippen LogP contribution in [0.1, 0.15) is 60.9 Å². The van der Waals surface area contributed by atoms with Gasteiger partial charge in [-0.25, -0.2) is 4.79 Å². The van der Waals surface area contributed by atoms with Gasteiger partial charge in [-0.1, -0.05) is 23.7 Å². The molecule has 0 spiro atoms. The van der Waals surface area contributed by atoms with E-state index in [0.717, 1.165) is 5.56 Å². The second kappa shape index (κ2) is 11.2. The molecule has 1 atom stereocenters.